The highest BCUT2D eigenvalue weighted by molar-refractivity contribution is 6.34. The van der Waals surface area contributed by atoms with Crippen molar-refractivity contribution >= 4 is 29.0 Å². The molecule has 0 spiro atoms. The zero-order valence-corrected chi connectivity index (χ0v) is 12.3. The van der Waals surface area contributed by atoms with Gasteiger partial charge in [-0.15, -0.1) is 0 Å². The van der Waals surface area contributed by atoms with Gasteiger partial charge in [-0.25, -0.2) is 0 Å². The molecular formula is C17H13ClO4. The Morgan fingerprint density at radius 2 is 1.45 bits per heavy atom. The number of hydrogen-bond acceptors (Lipinski definition) is 4. The van der Waals surface area contributed by atoms with E-state index in [2.05, 4.69) is 0 Å². The van der Waals surface area contributed by atoms with Gasteiger partial charge in [0.25, 0.3) is 0 Å². The van der Waals surface area contributed by atoms with Gasteiger partial charge in [-0.2, -0.15) is 0 Å². The summed E-state index contributed by atoms with van der Waals surface area (Å²) in [4.78, 5) is 35.8. The van der Waals surface area contributed by atoms with Gasteiger partial charge in [-0.1, -0.05) is 23.7 Å². The van der Waals surface area contributed by atoms with E-state index in [-0.39, 0.29) is 29.2 Å². The number of ketones is 3. The minimum Gasteiger partial charge on any atom is -0.508 e. The quantitative estimate of drug-likeness (QED) is 0.654. The van der Waals surface area contributed by atoms with E-state index in [1.54, 1.807) is 24.3 Å². The van der Waals surface area contributed by atoms with Gasteiger partial charge in [0.15, 0.2) is 11.6 Å². The number of rotatable bonds is 6. The number of phenols is 1. The predicted molar refractivity (Wildman–Crippen MR) is 82.5 cm³/mol. The molecule has 0 fully saturated rings. The fourth-order valence-electron chi connectivity index (χ4n) is 1.95. The minimum atomic E-state index is -0.469. The molecule has 4 nitrogen and oxygen atoms in total. The van der Waals surface area contributed by atoms with Crippen LogP contribution in [0.15, 0.2) is 48.5 Å². The molecule has 5 heteroatoms. The SMILES string of the molecule is O=C(CC(=O)c1ccc(O)cc1)CC(=O)c1ccccc1Cl. The summed E-state index contributed by atoms with van der Waals surface area (Å²) < 4.78 is 0. The Morgan fingerprint density at radius 3 is 2.09 bits per heavy atom. The third-order valence-electron chi connectivity index (χ3n) is 3.08. The van der Waals surface area contributed by atoms with E-state index in [9.17, 15) is 14.4 Å². The number of aromatic hydroxyl groups is 1. The van der Waals surface area contributed by atoms with Crippen molar-refractivity contribution in [3.63, 3.8) is 0 Å². The molecule has 0 saturated carbocycles. The topological polar surface area (TPSA) is 71.4 Å². The van der Waals surface area contributed by atoms with Crippen LogP contribution in [0.1, 0.15) is 33.6 Å². The third kappa shape index (κ3) is 4.02. The van der Waals surface area contributed by atoms with Crippen LogP contribution in [0, 0.1) is 0 Å². The number of Topliss-reactive ketones (excluding diaryl/α,β-unsaturated/α-hetero) is 3. The molecule has 0 aliphatic carbocycles. The predicted octanol–water partition coefficient (Wildman–Crippen LogP) is 3.46. The van der Waals surface area contributed by atoms with Gasteiger partial charge >= 0.3 is 0 Å². The fourth-order valence-corrected chi connectivity index (χ4v) is 2.19. The number of phenolic OH excluding ortho intramolecular Hbond substituents is 1. The van der Waals surface area contributed by atoms with Gasteiger partial charge < -0.3 is 5.11 Å². The second kappa shape index (κ2) is 7.00. The van der Waals surface area contributed by atoms with Crippen molar-refractivity contribution in [2.24, 2.45) is 0 Å². The Kier molecular flexibility index (Phi) is 5.07. The molecule has 0 aromatic heterocycles. The lowest BCUT2D eigenvalue weighted by Gasteiger charge is -2.03. The van der Waals surface area contributed by atoms with Gasteiger partial charge in [0.05, 0.1) is 17.9 Å². The monoisotopic (exact) mass is 316 g/mol. The van der Waals surface area contributed by atoms with E-state index < -0.39 is 17.3 Å². The summed E-state index contributed by atoms with van der Waals surface area (Å²) in [5.41, 5.74) is 0.589. The molecule has 112 valence electrons. The van der Waals surface area contributed by atoms with Crippen molar-refractivity contribution in [1.29, 1.82) is 0 Å². The Hall–Kier alpha value is -2.46. The molecule has 0 saturated heterocycles. The van der Waals surface area contributed by atoms with Crippen LogP contribution in [0.2, 0.25) is 5.02 Å². The highest BCUT2D eigenvalue weighted by Gasteiger charge is 2.17. The van der Waals surface area contributed by atoms with Crippen LogP contribution in [0.5, 0.6) is 5.75 Å². The molecule has 0 bridgehead atoms. The lowest BCUT2D eigenvalue weighted by molar-refractivity contribution is -0.117. The maximum absolute atomic E-state index is 12.0. The second-order valence-corrected chi connectivity index (χ2v) is 5.17. The van der Waals surface area contributed by atoms with Crippen molar-refractivity contribution < 1.29 is 19.5 Å². The number of halogens is 1. The van der Waals surface area contributed by atoms with Crippen molar-refractivity contribution in [3.8, 4) is 5.75 Å². The summed E-state index contributed by atoms with van der Waals surface area (Å²) in [6, 6.07) is 12.1. The maximum Gasteiger partial charge on any atom is 0.171 e. The fraction of sp³-hybridized carbons (Fsp3) is 0.118. The van der Waals surface area contributed by atoms with Crippen LogP contribution in [-0.2, 0) is 4.79 Å². The average molecular weight is 317 g/mol. The second-order valence-electron chi connectivity index (χ2n) is 4.77. The lowest BCUT2D eigenvalue weighted by atomic mass is 10.0. The molecule has 0 amide bonds. The normalized spacial score (nSPS) is 10.2. The zero-order chi connectivity index (χ0) is 16.1. The van der Waals surface area contributed by atoms with Crippen molar-refractivity contribution in [2.45, 2.75) is 12.8 Å². The highest BCUT2D eigenvalue weighted by atomic mass is 35.5. The molecule has 22 heavy (non-hydrogen) atoms. The molecule has 2 rings (SSSR count). The molecule has 0 heterocycles. The van der Waals surface area contributed by atoms with Gasteiger partial charge in [-0.3, -0.25) is 14.4 Å². The van der Waals surface area contributed by atoms with Crippen molar-refractivity contribution in [2.75, 3.05) is 0 Å². The zero-order valence-electron chi connectivity index (χ0n) is 11.6. The van der Waals surface area contributed by atoms with Crippen LogP contribution in [0.25, 0.3) is 0 Å². The van der Waals surface area contributed by atoms with Gasteiger partial charge in [0.2, 0.25) is 0 Å². The number of benzene rings is 2. The first-order chi connectivity index (χ1) is 10.5. The first-order valence-corrected chi connectivity index (χ1v) is 6.97. The number of hydrogen-bond donors (Lipinski definition) is 1. The number of carbonyl (C=O) groups excluding carboxylic acids is 3. The summed E-state index contributed by atoms with van der Waals surface area (Å²) in [5.74, 6) is -1.23. The molecule has 0 aliphatic heterocycles. The van der Waals surface area contributed by atoms with E-state index in [1.165, 1.54) is 24.3 Å². The number of carbonyl (C=O) groups is 3. The van der Waals surface area contributed by atoms with Gasteiger partial charge in [-0.05, 0) is 36.4 Å². The van der Waals surface area contributed by atoms with Crippen LogP contribution < -0.4 is 0 Å². The summed E-state index contributed by atoms with van der Waals surface area (Å²) >= 11 is 5.90. The third-order valence-corrected chi connectivity index (χ3v) is 3.41. The first-order valence-electron chi connectivity index (χ1n) is 6.59. The molecule has 0 unspecified atom stereocenters. The molecule has 0 radical (unpaired) electrons. The van der Waals surface area contributed by atoms with E-state index in [0.717, 1.165) is 0 Å². The summed E-state index contributed by atoms with van der Waals surface area (Å²) in [6.45, 7) is 0. The van der Waals surface area contributed by atoms with Crippen LogP contribution in [-0.4, -0.2) is 22.5 Å². The van der Waals surface area contributed by atoms with Gasteiger partial charge in [0, 0.05) is 11.1 Å². The Morgan fingerprint density at radius 1 is 0.864 bits per heavy atom. The van der Waals surface area contributed by atoms with E-state index in [0.29, 0.717) is 5.56 Å². The average Bonchev–Trinajstić information content (AvgIpc) is 2.48. The van der Waals surface area contributed by atoms with Crippen LogP contribution in [0.4, 0.5) is 0 Å². The van der Waals surface area contributed by atoms with Crippen molar-refractivity contribution in [1.82, 2.24) is 0 Å². The van der Waals surface area contributed by atoms with Gasteiger partial charge in [0.1, 0.15) is 11.5 Å². The first kappa shape index (κ1) is 15.9. The lowest BCUT2D eigenvalue weighted by Crippen LogP contribution is -2.13. The maximum atomic E-state index is 12.0. The van der Waals surface area contributed by atoms with E-state index in [4.69, 9.17) is 16.7 Å². The van der Waals surface area contributed by atoms with E-state index >= 15 is 0 Å². The standard InChI is InChI=1S/C17H13ClO4/c18-15-4-2-1-3-14(15)17(22)10-13(20)9-16(21)11-5-7-12(19)8-6-11/h1-8,19H,9-10H2. The van der Waals surface area contributed by atoms with Crippen LogP contribution in [0.3, 0.4) is 0 Å². The molecular weight excluding hydrogens is 304 g/mol. The molecule has 1 N–H and O–H groups in total. The molecule has 2 aromatic rings. The van der Waals surface area contributed by atoms with Crippen molar-refractivity contribution in [3.05, 3.63) is 64.7 Å². The molecule has 2 aromatic carbocycles. The minimum absolute atomic E-state index is 0.0387. The summed E-state index contributed by atoms with van der Waals surface area (Å²) in [6.07, 6.45) is -0.728. The summed E-state index contributed by atoms with van der Waals surface area (Å²) in [7, 11) is 0. The Bertz CT molecular complexity index is 720. The summed E-state index contributed by atoms with van der Waals surface area (Å²) in [5, 5.41) is 9.44. The largest absolute Gasteiger partial charge is 0.508 e. The molecule has 0 atom stereocenters. The smallest absolute Gasteiger partial charge is 0.171 e. The highest BCUT2D eigenvalue weighted by Crippen LogP contribution is 2.18. The molecule has 0 aliphatic rings. The van der Waals surface area contributed by atoms with E-state index in [1.807, 2.05) is 0 Å². The Labute approximate surface area is 132 Å². The Balaban J connectivity index is 1.98. The van der Waals surface area contributed by atoms with Crippen LogP contribution >= 0.6 is 11.6 Å².